The Balaban J connectivity index is 2.51. The Hall–Kier alpha value is -1.18. The zero-order chi connectivity index (χ0) is 11.3. The van der Waals surface area contributed by atoms with Gasteiger partial charge in [-0.1, -0.05) is 19.1 Å². The van der Waals surface area contributed by atoms with E-state index in [1.54, 1.807) is 13.0 Å². The molecule has 0 amide bonds. The Morgan fingerprint density at radius 3 is 2.67 bits per heavy atom. The molecule has 15 heavy (non-hydrogen) atoms. The Morgan fingerprint density at radius 2 is 2.07 bits per heavy atom. The van der Waals surface area contributed by atoms with Crippen LogP contribution in [-0.4, -0.2) is 5.78 Å². The van der Waals surface area contributed by atoms with Crippen molar-refractivity contribution in [2.24, 2.45) is 0 Å². The molecule has 0 aliphatic rings. The fourth-order valence-electron chi connectivity index (χ4n) is 1.48. The van der Waals surface area contributed by atoms with Crippen LogP contribution < -0.4 is 0 Å². The number of carbonyl (C=O) groups excluding carboxylic acids is 1. The normalized spacial score (nSPS) is 10.3. The van der Waals surface area contributed by atoms with Gasteiger partial charge >= 0.3 is 0 Å². The molecule has 2 heteroatoms. The van der Waals surface area contributed by atoms with E-state index in [4.69, 9.17) is 0 Å². The quantitative estimate of drug-likeness (QED) is 0.724. The maximum Gasteiger partial charge on any atom is 0.133 e. The number of halogens is 1. The Bertz CT molecular complexity index is 344. The predicted molar refractivity (Wildman–Crippen MR) is 59.4 cm³/mol. The number of rotatable bonds is 5. The monoisotopic (exact) mass is 208 g/mol. The number of carbonyl (C=O) groups is 1. The van der Waals surface area contributed by atoms with Crippen LogP contribution in [0.5, 0.6) is 0 Å². The van der Waals surface area contributed by atoms with Crippen LogP contribution in [0.1, 0.15) is 37.3 Å². The van der Waals surface area contributed by atoms with Gasteiger partial charge in [-0.25, -0.2) is 4.39 Å². The Morgan fingerprint density at radius 1 is 1.33 bits per heavy atom. The van der Waals surface area contributed by atoms with Crippen LogP contribution in [0, 0.1) is 12.7 Å². The molecule has 0 bridgehead atoms. The second kappa shape index (κ2) is 5.64. The standard InChI is InChI=1S/C13H17FO/c1-3-4-12(15)8-7-11-6-5-10(2)13(14)9-11/h5-6,9H,3-4,7-8H2,1-2H3. The van der Waals surface area contributed by atoms with Crippen molar-refractivity contribution in [3.05, 3.63) is 35.1 Å². The summed E-state index contributed by atoms with van der Waals surface area (Å²) in [7, 11) is 0. The maximum absolute atomic E-state index is 13.2. The van der Waals surface area contributed by atoms with E-state index in [0.717, 1.165) is 12.0 Å². The highest BCUT2D eigenvalue weighted by molar-refractivity contribution is 5.78. The van der Waals surface area contributed by atoms with Gasteiger partial charge in [-0.05, 0) is 37.0 Å². The van der Waals surface area contributed by atoms with E-state index < -0.39 is 0 Å². The molecule has 0 saturated heterocycles. The summed E-state index contributed by atoms with van der Waals surface area (Å²) in [5.41, 5.74) is 1.56. The molecule has 0 radical (unpaired) electrons. The summed E-state index contributed by atoms with van der Waals surface area (Å²) in [4.78, 5) is 11.3. The lowest BCUT2D eigenvalue weighted by Crippen LogP contribution is -1.99. The van der Waals surface area contributed by atoms with Gasteiger partial charge in [0, 0.05) is 12.8 Å². The smallest absolute Gasteiger partial charge is 0.133 e. The number of aryl methyl sites for hydroxylation is 2. The number of ketones is 1. The highest BCUT2D eigenvalue weighted by Gasteiger charge is 2.03. The van der Waals surface area contributed by atoms with Crippen molar-refractivity contribution in [2.75, 3.05) is 0 Å². The van der Waals surface area contributed by atoms with Gasteiger partial charge in [0.1, 0.15) is 11.6 Å². The third kappa shape index (κ3) is 3.82. The predicted octanol–water partition coefficient (Wildman–Crippen LogP) is 3.44. The van der Waals surface area contributed by atoms with Crippen LogP contribution in [0.3, 0.4) is 0 Å². The van der Waals surface area contributed by atoms with Crippen LogP contribution in [-0.2, 0) is 11.2 Å². The van der Waals surface area contributed by atoms with E-state index in [1.807, 2.05) is 13.0 Å². The van der Waals surface area contributed by atoms with Crippen molar-refractivity contribution in [3.63, 3.8) is 0 Å². The molecule has 0 fully saturated rings. The summed E-state index contributed by atoms with van der Waals surface area (Å²) >= 11 is 0. The molecule has 0 aliphatic heterocycles. The molecular weight excluding hydrogens is 191 g/mol. The SMILES string of the molecule is CCCC(=O)CCc1ccc(C)c(F)c1. The minimum Gasteiger partial charge on any atom is -0.300 e. The van der Waals surface area contributed by atoms with Crippen LogP contribution in [0.2, 0.25) is 0 Å². The molecule has 0 aromatic heterocycles. The molecule has 0 N–H and O–H groups in total. The third-order valence-corrected chi connectivity index (χ3v) is 2.46. The van der Waals surface area contributed by atoms with E-state index in [2.05, 4.69) is 0 Å². The molecule has 1 rings (SSSR count). The van der Waals surface area contributed by atoms with Gasteiger partial charge in [0.05, 0.1) is 0 Å². The van der Waals surface area contributed by atoms with Crippen molar-refractivity contribution >= 4 is 5.78 Å². The number of hydrogen-bond donors (Lipinski definition) is 0. The first-order valence-electron chi connectivity index (χ1n) is 5.40. The molecule has 0 atom stereocenters. The van der Waals surface area contributed by atoms with E-state index in [-0.39, 0.29) is 11.6 Å². The molecule has 0 saturated carbocycles. The van der Waals surface area contributed by atoms with E-state index in [0.29, 0.717) is 24.8 Å². The van der Waals surface area contributed by atoms with Gasteiger partial charge in [0.2, 0.25) is 0 Å². The second-order valence-corrected chi connectivity index (χ2v) is 3.87. The van der Waals surface area contributed by atoms with E-state index >= 15 is 0 Å². The van der Waals surface area contributed by atoms with Crippen molar-refractivity contribution in [1.29, 1.82) is 0 Å². The lowest BCUT2D eigenvalue weighted by molar-refractivity contribution is -0.119. The minimum atomic E-state index is -0.185. The number of hydrogen-bond acceptors (Lipinski definition) is 1. The number of Topliss-reactive ketones (excluding diaryl/α,β-unsaturated/α-hetero) is 1. The molecule has 82 valence electrons. The van der Waals surface area contributed by atoms with Gasteiger partial charge in [0.15, 0.2) is 0 Å². The number of benzene rings is 1. The van der Waals surface area contributed by atoms with Crippen LogP contribution in [0.25, 0.3) is 0 Å². The molecule has 1 nitrogen and oxygen atoms in total. The Labute approximate surface area is 90.3 Å². The first kappa shape index (κ1) is 11.9. The minimum absolute atomic E-state index is 0.185. The zero-order valence-electron chi connectivity index (χ0n) is 9.35. The summed E-state index contributed by atoms with van der Waals surface area (Å²) in [5.74, 6) is 0.0777. The summed E-state index contributed by atoms with van der Waals surface area (Å²) in [5, 5.41) is 0. The van der Waals surface area contributed by atoms with Crippen molar-refractivity contribution in [2.45, 2.75) is 39.5 Å². The van der Waals surface area contributed by atoms with Crippen molar-refractivity contribution in [1.82, 2.24) is 0 Å². The van der Waals surface area contributed by atoms with Crippen LogP contribution in [0.15, 0.2) is 18.2 Å². The van der Waals surface area contributed by atoms with Crippen LogP contribution in [0.4, 0.5) is 4.39 Å². The first-order valence-corrected chi connectivity index (χ1v) is 5.40. The molecule has 0 unspecified atom stereocenters. The van der Waals surface area contributed by atoms with E-state index in [1.165, 1.54) is 6.07 Å². The molecule has 0 spiro atoms. The maximum atomic E-state index is 13.2. The lowest BCUT2D eigenvalue weighted by Gasteiger charge is -2.02. The van der Waals surface area contributed by atoms with Crippen molar-refractivity contribution in [3.8, 4) is 0 Å². The fraction of sp³-hybridized carbons (Fsp3) is 0.462. The fourth-order valence-corrected chi connectivity index (χ4v) is 1.48. The van der Waals surface area contributed by atoms with E-state index in [9.17, 15) is 9.18 Å². The summed E-state index contributed by atoms with van der Waals surface area (Å²) in [6.07, 6.45) is 2.70. The molecule has 0 heterocycles. The second-order valence-electron chi connectivity index (χ2n) is 3.87. The van der Waals surface area contributed by atoms with Crippen LogP contribution >= 0.6 is 0 Å². The lowest BCUT2D eigenvalue weighted by atomic mass is 10.0. The molecular formula is C13H17FO. The zero-order valence-corrected chi connectivity index (χ0v) is 9.35. The van der Waals surface area contributed by atoms with Gasteiger partial charge in [0.25, 0.3) is 0 Å². The first-order chi connectivity index (χ1) is 7.13. The van der Waals surface area contributed by atoms with Gasteiger partial charge in [-0.15, -0.1) is 0 Å². The average molecular weight is 208 g/mol. The van der Waals surface area contributed by atoms with Gasteiger partial charge in [-0.3, -0.25) is 4.79 Å². The highest BCUT2D eigenvalue weighted by atomic mass is 19.1. The summed E-state index contributed by atoms with van der Waals surface area (Å²) in [6.45, 7) is 3.73. The largest absolute Gasteiger partial charge is 0.300 e. The topological polar surface area (TPSA) is 17.1 Å². The molecule has 1 aromatic carbocycles. The highest BCUT2D eigenvalue weighted by Crippen LogP contribution is 2.11. The average Bonchev–Trinajstić information content (AvgIpc) is 2.20. The van der Waals surface area contributed by atoms with Gasteiger partial charge in [-0.2, -0.15) is 0 Å². The third-order valence-electron chi connectivity index (χ3n) is 2.46. The molecule has 1 aromatic rings. The van der Waals surface area contributed by atoms with Crippen molar-refractivity contribution < 1.29 is 9.18 Å². The molecule has 0 aliphatic carbocycles. The summed E-state index contributed by atoms with van der Waals surface area (Å²) < 4.78 is 13.2. The summed E-state index contributed by atoms with van der Waals surface area (Å²) in [6, 6.07) is 5.17. The van der Waals surface area contributed by atoms with Gasteiger partial charge < -0.3 is 0 Å². The Kier molecular flexibility index (Phi) is 4.47.